The van der Waals surface area contributed by atoms with E-state index in [2.05, 4.69) is 37.0 Å². The van der Waals surface area contributed by atoms with E-state index in [1.165, 1.54) is 37.4 Å². The molecule has 0 atom stereocenters. The van der Waals surface area contributed by atoms with Crippen LogP contribution >= 0.6 is 7.49 Å². The van der Waals surface area contributed by atoms with Gasteiger partial charge in [0.05, 0.1) is 0 Å². The van der Waals surface area contributed by atoms with Crippen molar-refractivity contribution >= 4 is 12.8 Å². The van der Waals surface area contributed by atoms with Crippen LogP contribution in [-0.2, 0) is 4.52 Å². The molecule has 0 heterocycles. The fraction of sp³-hybridized carbons (Fsp3) is 0.571. The average Bonchev–Trinajstić information content (AvgIpc) is 2.40. The van der Waals surface area contributed by atoms with Crippen LogP contribution < -0.4 is 5.30 Å². The fourth-order valence-corrected chi connectivity index (χ4v) is 6.35. The molecule has 1 aliphatic rings. The van der Waals surface area contributed by atoms with E-state index in [0.29, 0.717) is 0 Å². The first-order chi connectivity index (χ1) is 7.77. The zero-order chi connectivity index (χ0) is 11.4. The van der Waals surface area contributed by atoms with Gasteiger partial charge in [-0.2, -0.15) is 0 Å². The van der Waals surface area contributed by atoms with Crippen LogP contribution in [0.2, 0.25) is 0 Å². The standard InChI is InChI=1S/C14H23OP/c1-15-16(2,13-9-5-3-6-10-13)14-11-7-4-8-12-14/h3,5-6,9-10,14,16H,4,7-8,11-12H2,1-2H3. The summed E-state index contributed by atoms with van der Waals surface area (Å²) in [7, 11) is 0.212. The van der Waals surface area contributed by atoms with Crippen LogP contribution in [0.5, 0.6) is 0 Å². The first-order valence-electron chi connectivity index (χ1n) is 6.38. The second-order valence-electron chi connectivity index (χ2n) is 5.01. The summed E-state index contributed by atoms with van der Waals surface area (Å²) in [6.45, 7) is 2.39. The van der Waals surface area contributed by atoms with Crippen LogP contribution in [0.15, 0.2) is 30.3 Å². The first kappa shape index (κ1) is 12.1. The SMILES string of the molecule is CO[PH](C)(c1ccccc1)C1CCCCC1. The molecule has 0 saturated heterocycles. The van der Waals surface area contributed by atoms with E-state index in [9.17, 15) is 0 Å². The summed E-state index contributed by atoms with van der Waals surface area (Å²) in [4.78, 5) is 0. The molecule has 1 aromatic carbocycles. The van der Waals surface area contributed by atoms with E-state index in [1.54, 1.807) is 0 Å². The quantitative estimate of drug-likeness (QED) is 0.731. The Balaban J connectivity index is 2.24. The van der Waals surface area contributed by atoms with Gasteiger partial charge in [-0.3, -0.25) is 0 Å². The maximum absolute atomic E-state index is 6.00. The van der Waals surface area contributed by atoms with Gasteiger partial charge in [-0.1, -0.05) is 0 Å². The molecule has 0 N–H and O–H groups in total. The van der Waals surface area contributed by atoms with E-state index >= 15 is 0 Å². The molecule has 1 saturated carbocycles. The number of rotatable bonds is 3. The molecule has 1 aliphatic carbocycles. The van der Waals surface area contributed by atoms with Crippen molar-refractivity contribution in [3.05, 3.63) is 30.3 Å². The van der Waals surface area contributed by atoms with Gasteiger partial charge < -0.3 is 0 Å². The van der Waals surface area contributed by atoms with Crippen LogP contribution in [0.3, 0.4) is 0 Å². The summed E-state index contributed by atoms with van der Waals surface area (Å²) < 4.78 is 6.00. The molecule has 2 heteroatoms. The summed E-state index contributed by atoms with van der Waals surface area (Å²) in [6, 6.07) is 10.9. The van der Waals surface area contributed by atoms with Gasteiger partial charge in [-0.15, -0.1) is 0 Å². The normalized spacial score (nSPS) is 19.6. The van der Waals surface area contributed by atoms with Crippen molar-refractivity contribution in [2.75, 3.05) is 13.8 Å². The number of benzene rings is 1. The minimum atomic E-state index is -1.70. The molecule has 0 spiro atoms. The Bertz CT molecular complexity index is 319. The Labute approximate surface area is 99.6 Å². The molecule has 2 rings (SSSR count). The van der Waals surface area contributed by atoms with Gasteiger partial charge in [0.15, 0.2) is 0 Å². The molecule has 0 amide bonds. The van der Waals surface area contributed by atoms with Gasteiger partial charge in [0.1, 0.15) is 0 Å². The Morgan fingerprint density at radius 2 is 1.69 bits per heavy atom. The molecule has 0 aliphatic heterocycles. The Kier molecular flexibility index (Phi) is 4.00. The fourth-order valence-electron chi connectivity index (χ4n) is 2.94. The van der Waals surface area contributed by atoms with Gasteiger partial charge >= 0.3 is 99.2 Å². The van der Waals surface area contributed by atoms with Crippen LogP contribution in [0.4, 0.5) is 0 Å². The summed E-state index contributed by atoms with van der Waals surface area (Å²) in [5.41, 5.74) is 0.814. The molecule has 0 radical (unpaired) electrons. The minimum absolute atomic E-state index is 0.814. The Hall–Kier alpha value is -0.390. The molecular weight excluding hydrogens is 215 g/mol. The molecule has 16 heavy (non-hydrogen) atoms. The zero-order valence-electron chi connectivity index (χ0n) is 10.4. The predicted molar refractivity (Wildman–Crippen MR) is 74.2 cm³/mol. The molecule has 90 valence electrons. The summed E-state index contributed by atoms with van der Waals surface area (Å²) in [5.74, 6) is 0. The third-order valence-corrected chi connectivity index (χ3v) is 8.62. The van der Waals surface area contributed by atoms with Crippen molar-refractivity contribution in [2.45, 2.75) is 37.8 Å². The van der Waals surface area contributed by atoms with E-state index in [0.717, 1.165) is 5.66 Å². The molecule has 1 fully saturated rings. The predicted octanol–water partition coefficient (Wildman–Crippen LogP) is 3.59. The summed E-state index contributed by atoms with van der Waals surface area (Å²) >= 11 is 0. The van der Waals surface area contributed by atoms with Crippen molar-refractivity contribution in [2.24, 2.45) is 0 Å². The molecule has 0 aromatic heterocycles. The summed E-state index contributed by atoms with van der Waals surface area (Å²) in [6.07, 6.45) is 6.93. The van der Waals surface area contributed by atoms with Crippen molar-refractivity contribution in [1.82, 2.24) is 0 Å². The molecule has 0 unspecified atom stereocenters. The molecule has 0 bridgehead atoms. The first-order valence-corrected chi connectivity index (χ1v) is 8.86. The van der Waals surface area contributed by atoms with Crippen LogP contribution in [0, 0.1) is 0 Å². The van der Waals surface area contributed by atoms with E-state index < -0.39 is 7.49 Å². The van der Waals surface area contributed by atoms with Gasteiger partial charge in [0, 0.05) is 0 Å². The van der Waals surface area contributed by atoms with Crippen LogP contribution in [0.1, 0.15) is 32.1 Å². The zero-order valence-corrected chi connectivity index (χ0v) is 11.4. The Morgan fingerprint density at radius 1 is 1.06 bits per heavy atom. The third kappa shape index (κ3) is 2.31. The van der Waals surface area contributed by atoms with Crippen molar-refractivity contribution < 1.29 is 4.52 Å². The van der Waals surface area contributed by atoms with Crippen molar-refractivity contribution in [1.29, 1.82) is 0 Å². The van der Waals surface area contributed by atoms with E-state index in [4.69, 9.17) is 4.52 Å². The third-order valence-electron chi connectivity index (χ3n) is 4.16. The number of hydrogen-bond acceptors (Lipinski definition) is 1. The van der Waals surface area contributed by atoms with E-state index in [1.807, 2.05) is 7.11 Å². The summed E-state index contributed by atoms with van der Waals surface area (Å²) in [5, 5.41) is 1.46. The monoisotopic (exact) mass is 238 g/mol. The topological polar surface area (TPSA) is 9.23 Å². The van der Waals surface area contributed by atoms with Gasteiger partial charge in [0.25, 0.3) is 0 Å². The van der Waals surface area contributed by atoms with E-state index in [-0.39, 0.29) is 0 Å². The van der Waals surface area contributed by atoms with Crippen LogP contribution in [0.25, 0.3) is 0 Å². The molecule has 1 aromatic rings. The molecular formula is C14H23OP. The molecule has 1 nitrogen and oxygen atoms in total. The van der Waals surface area contributed by atoms with Gasteiger partial charge in [-0.25, -0.2) is 0 Å². The van der Waals surface area contributed by atoms with Gasteiger partial charge in [0.2, 0.25) is 0 Å². The number of hydrogen-bond donors (Lipinski definition) is 0. The van der Waals surface area contributed by atoms with Crippen molar-refractivity contribution in [3.8, 4) is 0 Å². The Morgan fingerprint density at radius 3 is 2.25 bits per heavy atom. The van der Waals surface area contributed by atoms with Gasteiger partial charge in [-0.05, 0) is 0 Å². The van der Waals surface area contributed by atoms with Crippen LogP contribution in [-0.4, -0.2) is 19.4 Å². The maximum atomic E-state index is 6.00. The average molecular weight is 238 g/mol. The second kappa shape index (κ2) is 5.29. The second-order valence-corrected chi connectivity index (χ2v) is 9.03. The van der Waals surface area contributed by atoms with Crippen molar-refractivity contribution in [3.63, 3.8) is 0 Å².